The Morgan fingerprint density at radius 3 is 2.57 bits per heavy atom. The summed E-state index contributed by atoms with van der Waals surface area (Å²) in [6, 6.07) is 9.48. The van der Waals surface area contributed by atoms with Crippen molar-refractivity contribution in [2.24, 2.45) is 5.73 Å². The Morgan fingerprint density at radius 2 is 1.86 bits per heavy atom. The van der Waals surface area contributed by atoms with Crippen molar-refractivity contribution in [3.8, 4) is 5.82 Å². The zero-order valence-electron chi connectivity index (χ0n) is 10.8. The second-order valence-corrected chi connectivity index (χ2v) is 4.50. The molecule has 2 N–H and O–H groups in total. The molecule has 0 radical (unpaired) electrons. The fourth-order valence-corrected chi connectivity index (χ4v) is 2.12. The summed E-state index contributed by atoms with van der Waals surface area (Å²) in [5.74, 6) is 0.105. The average Bonchev–Trinajstić information content (AvgIpc) is 2.89. The van der Waals surface area contributed by atoms with Crippen LogP contribution in [0.3, 0.4) is 0 Å². The third-order valence-electron chi connectivity index (χ3n) is 3.14. The number of halogens is 3. The minimum atomic E-state index is -4.51. The van der Waals surface area contributed by atoms with Crippen molar-refractivity contribution in [1.82, 2.24) is 14.8 Å². The van der Waals surface area contributed by atoms with E-state index in [0.29, 0.717) is 11.1 Å². The molecular weight excluding hydrogens is 281 g/mol. The first kappa shape index (κ1) is 13.6. The molecule has 21 heavy (non-hydrogen) atoms. The van der Waals surface area contributed by atoms with Crippen molar-refractivity contribution in [3.05, 3.63) is 53.9 Å². The SMILES string of the molecule is NCc1ccc(C(F)(F)F)nc1-n1ncc2ccccc21. The number of hydrogen-bond donors (Lipinski definition) is 1. The smallest absolute Gasteiger partial charge is 0.326 e. The van der Waals surface area contributed by atoms with Crippen LogP contribution in [0.4, 0.5) is 13.2 Å². The van der Waals surface area contributed by atoms with Gasteiger partial charge in [0.05, 0.1) is 11.7 Å². The predicted octanol–water partition coefficient (Wildman–Crippen LogP) is 2.90. The molecule has 0 atom stereocenters. The standard InChI is InChI=1S/C14H11F3N4/c15-14(16,17)12-6-5-9(7-18)13(20-12)21-11-4-2-1-3-10(11)8-19-21/h1-6,8H,7,18H2. The van der Waals surface area contributed by atoms with Gasteiger partial charge in [-0.2, -0.15) is 18.3 Å². The molecular formula is C14H11F3N4. The highest BCUT2D eigenvalue weighted by Gasteiger charge is 2.33. The lowest BCUT2D eigenvalue weighted by molar-refractivity contribution is -0.141. The molecule has 7 heteroatoms. The molecule has 2 heterocycles. The molecule has 0 saturated carbocycles. The Balaban J connectivity index is 2.25. The third-order valence-corrected chi connectivity index (χ3v) is 3.14. The maximum Gasteiger partial charge on any atom is 0.433 e. The van der Waals surface area contributed by atoms with Crippen molar-refractivity contribution in [3.63, 3.8) is 0 Å². The molecule has 3 rings (SSSR count). The van der Waals surface area contributed by atoms with Crippen LogP contribution >= 0.6 is 0 Å². The van der Waals surface area contributed by atoms with Gasteiger partial charge in [-0.25, -0.2) is 9.67 Å². The van der Waals surface area contributed by atoms with Crippen molar-refractivity contribution in [1.29, 1.82) is 0 Å². The summed E-state index contributed by atoms with van der Waals surface area (Å²) in [5, 5.41) is 4.95. The van der Waals surface area contributed by atoms with E-state index in [-0.39, 0.29) is 12.4 Å². The second-order valence-electron chi connectivity index (χ2n) is 4.50. The van der Waals surface area contributed by atoms with Crippen molar-refractivity contribution in [2.45, 2.75) is 12.7 Å². The summed E-state index contributed by atoms with van der Waals surface area (Å²) < 4.78 is 39.9. The van der Waals surface area contributed by atoms with E-state index < -0.39 is 11.9 Å². The number of para-hydroxylation sites is 1. The Morgan fingerprint density at radius 1 is 1.10 bits per heavy atom. The van der Waals surface area contributed by atoms with Crippen LogP contribution < -0.4 is 5.73 Å². The van der Waals surface area contributed by atoms with Gasteiger partial charge >= 0.3 is 6.18 Å². The van der Waals surface area contributed by atoms with Crippen LogP contribution in [0.15, 0.2) is 42.6 Å². The average molecular weight is 292 g/mol. The molecule has 0 aliphatic rings. The number of fused-ring (bicyclic) bond motifs is 1. The Hall–Kier alpha value is -2.41. The third kappa shape index (κ3) is 2.36. The molecule has 0 fully saturated rings. The van der Waals surface area contributed by atoms with Gasteiger partial charge in [-0.1, -0.05) is 24.3 Å². The number of aromatic nitrogens is 3. The molecule has 0 bridgehead atoms. The normalized spacial score (nSPS) is 12.0. The Bertz CT molecular complexity index is 792. The Labute approximate surface area is 118 Å². The zero-order valence-corrected chi connectivity index (χ0v) is 10.8. The zero-order chi connectivity index (χ0) is 15.0. The number of hydrogen-bond acceptors (Lipinski definition) is 3. The maximum atomic E-state index is 12.8. The summed E-state index contributed by atoms with van der Waals surface area (Å²) in [4.78, 5) is 3.70. The summed E-state index contributed by atoms with van der Waals surface area (Å²) >= 11 is 0. The van der Waals surface area contributed by atoms with E-state index in [1.807, 2.05) is 12.1 Å². The van der Waals surface area contributed by atoms with Crippen molar-refractivity contribution >= 4 is 10.9 Å². The van der Waals surface area contributed by atoms with Crippen LogP contribution in [-0.4, -0.2) is 14.8 Å². The number of benzene rings is 1. The van der Waals surface area contributed by atoms with Gasteiger partial charge in [0.1, 0.15) is 5.69 Å². The number of pyridine rings is 1. The van der Waals surface area contributed by atoms with Crippen LogP contribution in [0.5, 0.6) is 0 Å². The van der Waals surface area contributed by atoms with E-state index in [1.54, 1.807) is 18.3 Å². The van der Waals surface area contributed by atoms with Crippen molar-refractivity contribution in [2.75, 3.05) is 0 Å². The summed E-state index contributed by atoms with van der Waals surface area (Å²) in [6.45, 7) is 0.0780. The second kappa shape index (κ2) is 4.85. The monoisotopic (exact) mass is 292 g/mol. The van der Waals surface area contributed by atoms with E-state index >= 15 is 0 Å². The molecule has 0 unspecified atom stereocenters. The van der Waals surface area contributed by atoms with Gasteiger partial charge in [-0.15, -0.1) is 0 Å². The van der Waals surface area contributed by atoms with E-state index in [9.17, 15) is 13.2 Å². The van der Waals surface area contributed by atoms with Gasteiger partial charge in [0.25, 0.3) is 0 Å². The molecule has 0 aliphatic carbocycles. The molecule has 1 aromatic carbocycles. The van der Waals surface area contributed by atoms with Crippen LogP contribution in [-0.2, 0) is 12.7 Å². The van der Waals surface area contributed by atoms with Crippen LogP contribution in [0, 0.1) is 0 Å². The topological polar surface area (TPSA) is 56.7 Å². The highest BCUT2D eigenvalue weighted by atomic mass is 19.4. The van der Waals surface area contributed by atoms with E-state index in [1.165, 1.54) is 10.7 Å². The van der Waals surface area contributed by atoms with Gasteiger partial charge in [-0.3, -0.25) is 0 Å². The number of alkyl halides is 3. The van der Waals surface area contributed by atoms with Crippen LogP contribution in [0.25, 0.3) is 16.7 Å². The van der Waals surface area contributed by atoms with Gasteiger partial charge in [0, 0.05) is 17.5 Å². The molecule has 108 valence electrons. The van der Waals surface area contributed by atoms with Crippen LogP contribution in [0.1, 0.15) is 11.3 Å². The molecule has 0 aliphatic heterocycles. The number of nitrogens with zero attached hydrogens (tertiary/aromatic N) is 3. The highest BCUT2D eigenvalue weighted by Crippen LogP contribution is 2.29. The first-order valence-corrected chi connectivity index (χ1v) is 6.21. The minimum absolute atomic E-state index is 0.0780. The first-order valence-electron chi connectivity index (χ1n) is 6.21. The van der Waals surface area contributed by atoms with Gasteiger partial charge < -0.3 is 5.73 Å². The largest absolute Gasteiger partial charge is 0.433 e. The Kier molecular flexibility index (Phi) is 3.13. The quantitative estimate of drug-likeness (QED) is 0.790. The van der Waals surface area contributed by atoms with Gasteiger partial charge in [-0.05, 0) is 12.1 Å². The molecule has 0 saturated heterocycles. The lowest BCUT2D eigenvalue weighted by atomic mass is 10.2. The summed E-state index contributed by atoms with van der Waals surface area (Å²) in [7, 11) is 0. The van der Waals surface area contributed by atoms with Crippen molar-refractivity contribution < 1.29 is 13.2 Å². The van der Waals surface area contributed by atoms with E-state index in [0.717, 1.165) is 11.5 Å². The lowest BCUT2D eigenvalue weighted by Gasteiger charge is -2.12. The fraction of sp³-hybridized carbons (Fsp3) is 0.143. The van der Waals surface area contributed by atoms with Crippen LogP contribution in [0.2, 0.25) is 0 Å². The molecule has 0 amide bonds. The summed E-state index contributed by atoms with van der Waals surface area (Å²) in [5.41, 5.74) is 5.81. The van der Waals surface area contributed by atoms with E-state index in [4.69, 9.17) is 5.73 Å². The van der Waals surface area contributed by atoms with Gasteiger partial charge in [0.15, 0.2) is 5.82 Å². The number of rotatable bonds is 2. The molecule has 3 aromatic rings. The molecule has 2 aromatic heterocycles. The lowest BCUT2D eigenvalue weighted by Crippen LogP contribution is -2.14. The maximum absolute atomic E-state index is 12.8. The predicted molar refractivity (Wildman–Crippen MR) is 71.8 cm³/mol. The summed E-state index contributed by atoms with van der Waals surface area (Å²) in [6.07, 6.45) is -2.93. The highest BCUT2D eigenvalue weighted by molar-refractivity contribution is 5.80. The first-order chi connectivity index (χ1) is 10.0. The van der Waals surface area contributed by atoms with E-state index in [2.05, 4.69) is 10.1 Å². The molecule has 0 spiro atoms. The minimum Gasteiger partial charge on any atom is -0.326 e. The fourth-order valence-electron chi connectivity index (χ4n) is 2.12. The number of nitrogens with two attached hydrogens (primary N) is 1. The van der Waals surface area contributed by atoms with Gasteiger partial charge in [0.2, 0.25) is 0 Å². The molecule has 4 nitrogen and oxygen atoms in total.